The van der Waals surface area contributed by atoms with Crippen LogP contribution >= 0.6 is 11.8 Å². The standard InChI is InChI=1S/C9H17NO3S/c10-7(9(12)13)4-8(11)6-2-1-3-14-5-6/h6-8,11H,1-5,10H2,(H,12,13). The van der Waals surface area contributed by atoms with Gasteiger partial charge in [-0.1, -0.05) is 0 Å². The van der Waals surface area contributed by atoms with Crippen LogP contribution in [0.5, 0.6) is 0 Å². The van der Waals surface area contributed by atoms with Crippen LogP contribution in [0, 0.1) is 5.92 Å². The molecule has 82 valence electrons. The molecule has 1 aliphatic heterocycles. The largest absolute Gasteiger partial charge is 0.480 e. The molecule has 0 radical (unpaired) electrons. The first-order valence-electron chi connectivity index (χ1n) is 4.85. The fourth-order valence-corrected chi connectivity index (χ4v) is 2.85. The topological polar surface area (TPSA) is 83.5 Å². The number of aliphatic hydroxyl groups is 1. The summed E-state index contributed by atoms with van der Waals surface area (Å²) in [7, 11) is 0. The molecular weight excluding hydrogens is 202 g/mol. The Balaban J connectivity index is 2.32. The van der Waals surface area contributed by atoms with Crippen LogP contribution in [0.4, 0.5) is 0 Å². The van der Waals surface area contributed by atoms with E-state index in [2.05, 4.69) is 0 Å². The van der Waals surface area contributed by atoms with Gasteiger partial charge < -0.3 is 15.9 Å². The molecule has 0 amide bonds. The van der Waals surface area contributed by atoms with Crippen LogP contribution in [0.25, 0.3) is 0 Å². The second kappa shape index (κ2) is 5.58. The van der Waals surface area contributed by atoms with Crippen molar-refractivity contribution in [1.82, 2.24) is 0 Å². The van der Waals surface area contributed by atoms with Crippen LogP contribution in [-0.4, -0.2) is 39.8 Å². The van der Waals surface area contributed by atoms with Crippen LogP contribution in [0.1, 0.15) is 19.3 Å². The molecule has 0 aliphatic carbocycles. The zero-order chi connectivity index (χ0) is 10.6. The highest BCUT2D eigenvalue weighted by Crippen LogP contribution is 2.26. The van der Waals surface area contributed by atoms with Crippen LogP contribution in [0.3, 0.4) is 0 Å². The zero-order valence-electron chi connectivity index (χ0n) is 8.06. The summed E-state index contributed by atoms with van der Waals surface area (Å²) in [6, 6.07) is -0.933. The Bertz CT molecular complexity index is 194. The lowest BCUT2D eigenvalue weighted by Crippen LogP contribution is -2.37. The first kappa shape index (κ1) is 11.8. The van der Waals surface area contributed by atoms with Gasteiger partial charge in [-0.2, -0.15) is 11.8 Å². The summed E-state index contributed by atoms with van der Waals surface area (Å²) in [6.45, 7) is 0. The summed E-state index contributed by atoms with van der Waals surface area (Å²) in [5, 5.41) is 18.3. The molecule has 3 unspecified atom stereocenters. The predicted octanol–water partition coefficient (Wildman–Crippen LogP) is 0.292. The molecule has 5 heteroatoms. The molecule has 1 heterocycles. The molecule has 4 nitrogen and oxygen atoms in total. The van der Waals surface area contributed by atoms with Crippen molar-refractivity contribution >= 4 is 17.7 Å². The van der Waals surface area contributed by atoms with Gasteiger partial charge in [-0.25, -0.2) is 0 Å². The highest BCUT2D eigenvalue weighted by atomic mass is 32.2. The van der Waals surface area contributed by atoms with Gasteiger partial charge in [-0.3, -0.25) is 4.79 Å². The summed E-state index contributed by atoms with van der Waals surface area (Å²) in [6.07, 6.45) is 1.70. The molecule has 1 fully saturated rings. The van der Waals surface area contributed by atoms with Crippen molar-refractivity contribution < 1.29 is 15.0 Å². The third-order valence-corrected chi connectivity index (χ3v) is 3.79. The van der Waals surface area contributed by atoms with Crippen molar-refractivity contribution in [2.24, 2.45) is 11.7 Å². The molecule has 3 atom stereocenters. The Morgan fingerprint density at radius 1 is 1.64 bits per heavy atom. The first-order valence-corrected chi connectivity index (χ1v) is 6.01. The van der Waals surface area contributed by atoms with E-state index >= 15 is 0 Å². The third kappa shape index (κ3) is 3.48. The molecule has 14 heavy (non-hydrogen) atoms. The van der Waals surface area contributed by atoms with E-state index in [1.54, 1.807) is 0 Å². The fraction of sp³-hybridized carbons (Fsp3) is 0.889. The monoisotopic (exact) mass is 219 g/mol. The Morgan fingerprint density at radius 3 is 2.86 bits per heavy atom. The normalized spacial score (nSPS) is 26.9. The second-order valence-corrected chi connectivity index (χ2v) is 4.87. The predicted molar refractivity (Wildman–Crippen MR) is 56.3 cm³/mol. The van der Waals surface area contributed by atoms with Crippen molar-refractivity contribution in [2.45, 2.75) is 31.4 Å². The van der Waals surface area contributed by atoms with Gasteiger partial charge in [0.15, 0.2) is 0 Å². The molecule has 0 aromatic rings. The van der Waals surface area contributed by atoms with Gasteiger partial charge in [0.05, 0.1) is 6.10 Å². The van der Waals surface area contributed by atoms with Crippen molar-refractivity contribution in [3.05, 3.63) is 0 Å². The molecule has 0 saturated carbocycles. The molecule has 0 bridgehead atoms. The highest BCUT2D eigenvalue weighted by Gasteiger charge is 2.25. The number of rotatable bonds is 4. The molecule has 0 spiro atoms. The summed E-state index contributed by atoms with van der Waals surface area (Å²) in [5.41, 5.74) is 5.36. The third-order valence-electron chi connectivity index (χ3n) is 2.55. The van der Waals surface area contributed by atoms with Crippen molar-refractivity contribution in [3.63, 3.8) is 0 Å². The number of carbonyl (C=O) groups is 1. The van der Waals surface area contributed by atoms with Crippen LogP contribution in [-0.2, 0) is 4.79 Å². The van der Waals surface area contributed by atoms with Crippen molar-refractivity contribution in [3.8, 4) is 0 Å². The van der Waals surface area contributed by atoms with Crippen LogP contribution in [0.2, 0.25) is 0 Å². The number of carboxylic acid groups (broad SMARTS) is 1. The number of nitrogens with two attached hydrogens (primary N) is 1. The molecule has 0 aromatic carbocycles. The number of aliphatic hydroxyl groups excluding tert-OH is 1. The molecule has 1 aliphatic rings. The Hall–Kier alpha value is -0.260. The van der Waals surface area contributed by atoms with E-state index in [0.717, 1.165) is 24.3 Å². The van der Waals surface area contributed by atoms with Crippen LogP contribution < -0.4 is 5.73 Å². The smallest absolute Gasteiger partial charge is 0.320 e. The van der Waals surface area contributed by atoms with Crippen LogP contribution in [0.15, 0.2) is 0 Å². The highest BCUT2D eigenvalue weighted by molar-refractivity contribution is 7.99. The summed E-state index contributed by atoms with van der Waals surface area (Å²) in [4.78, 5) is 10.5. The average molecular weight is 219 g/mol. The SMILES string of the molecule is NC(CC(O)C1CCCSC1)C(=O)O. The summed E-state index contributed by atoms with van der Waals surface area (Å²) < 4.78 is 0. The maximum absolute atomic E-state index is 10.5. The van der Waals surface area contributed by atoms with E-state index in [0.29, 0.717) is 0 Å². The van der Waals surface area contributed by atoms with E-state index in [4.69, 9.17) is 10.8 Å². The molecular formula is C9H17NO3S. The number of aliphatic carboxylic acids is 1. The van der Waals surface area contributed by atoms with E-state index in [-0.39, 0.29) is 12.3 Å². The van der Waals surface area contributed by atoms with Gasteiger partial charge in [-0.05, 0) is 36.7 Å². The van der Waals surface area contributed by atoms with Crippen molar-refractivity contribution in [1.29, 1.82) is 0 Å². The van der Waals surface area contributed by atoms with E-state index in [9.17, 15) is 9.90 Å². The van der Waals surface area contributed by atoms with Gasteiger partial charge >= 0.3 is 5.97 Å². The van der Waals surface area contributed by atoms with Gasteiger partial charge in [0.2, 0.25) is 0 Å². The lowest BCUT2D eigenvalue weighted by molar-refractivity contribution is -0.139. The minimum Gasteiger partial charge on any atom is -0.480 e. The molecule has 1 rings (SSSR count). The maximum atomic E-state index is 10.5. The fourth-order valence-electron chi connectivity index (χ4n) is 1.62. The number of thioether (sulfide) groups is 1. The minimum atomic E-state index is -1.03. The minimum absolute atomic E-state index is 0.167. The van der Waals surface area contributed by atoms with Gasteiger partial charge in [0.1, 0.15) is 6.04 Å². The number of hydrogen-bond donors (Lipinski definition) is 3. The molecule has 1 saturated heterocycles. The van der Waals surface area contributed by atoms with E-state index < -0.39 is 18.1 Å². The molecule has 4 N–H and O–H groups in total. The van der Waals surface area contributed by atoms with Crippen molar-refractivity contribution in [2.75, 3.05) is 11.5 Å². The van der Waals surface area contributed by atoms with Gasteiger partial charge in [0, 0.05) is 0 Å². The Kier molecular flexibility index (Phi) is 4.71. The number of hydrogen-bond acceptors (Lipinski definition) is 4. The molecule has 0 aromatic heterocycles. The lowest BCUT2D eigenvalue weighted by Gasteiger charge is -2.27. The summed E-state index contributed by atoms with van der Waals surface area (Å²) >= 11 is 1.82. The lowest BCUT2D eigenvalue weighted by atomic mass is 9.94. The van der Waals surface area contributed by atoms with Gasteiger partial charge in [-0.15, -0.1) is 0 Å². The van der Waals surface area contributed by atoms with Gasteiger partial charge in [0.25, 0.3) is 0 Å². The van der Waals surface area contributed by atoms with E-state index in [1.807, 2.05) is 11.8 Å². The number of carboxylic acids is 1. The summed E-state index contributed by atoms with van der Waals surface area (Å²) in [5.74, 6) is 1.26. The first-order chi connectivity index (χ1) is 6.61. The maximum Gasteiger partial charge on any atom is 0.320 e. The average Bonchev–Trinajstić information content (AvgIpc) is 2.19. The second-order valence-electron chi connectivity index (χ2n) is 3.73. The van der Waals surface area contributed by atoms with E-state index in [1.165, 1.54) is 0 Å². The zero-order valence-corrected chi connectivity index (χ0v) is 8.87. The Morgan fingerprint density at radius 2 is 2.36 bits per heavy atom. The quantitative estimate of drug-likeness (QED) is 0.633. The Labute approximate surface area is 87.9 Å².